The first-order valence-electron chi connectivity index (χ1n) is 4.76. The molecule has 88 valence electrons. The van der Waals surface area contributed by atoms with Crippen LogP contribution in [0.15, 0.2) is 58.2 Å². The van der Waals surface area contributed by atoms with Gasteiger partial charge in [-0.05, 0) is 30.3 Å². The molecule has 0 amide bonds. The van der Waals surface area contributed by atoms with Gasteiger partial charge in [0.15, 0.2) is 0 Å². The Morgan fingerprint density at radius 2 is 2.00 bits per heavy atom. The SMILES string of the molecule is O=S(=O)(Nc1cccnc1)c1cccc(Br)c1. The van der Waals surface area contributed by atoms with Crippen LogP contribution in [0.5, 0.6) is 0 Å². The lowest BCUT2D eigenvalue weighted by atomic mass is 10.4. The van der Waals surface area contributed by atoms with Crippen molar-refractivity contribution in [1.82, 2.24) is 4.98 Å². The van der Waals surface area contributed by atoms with Gasteiger partial charge in [-0.25, -0.2) is 8.42 Å². The minimum atomic E-state index is -3.56. The fraction of sp³-hybridized carbons (Fsp3) is 0. The highest BCUT2D eigenvalue weighted by Gasteiger charge is 2.13. The molecule has 0 aliphatic rings. The Labute approximate surface area is 108 Å². The maximum Gasteiger partial charge on any atom is 0.261 e. The average molecular weight is 313 g/mol. The molecule has 6 heteroatoms. The van der Waals surface area contributed by atoms with Gasteiger partial charge in [0.25, 0.3) is 10.0 Å². The van der Waals surface area contributed by atoms with Crippen LogP contribution in [-0.2, 0) is 10.0 Å². The highest BCUT2D eigenvalue weighted by Crippen LogP contribution is 2.18. The Bertz CT molecular complexity index is 614. The van der Waals surface area contributed by atoms with Gasteiger partial charge in [0.2, 0.25) is 0 Å². The lowest BCUT2D eigenvalue weighted by molar-refractivity contribution is 0.601. The van der Waals surface area contributed by atoms with E-state index >= 15 is 0 Å². The Hall–Kier alpha value is -1.40. The predicted molar refractivity (Wildman–Crippen MR) is 69.2 cm³/mol. The van der Waals surface area contributed by atoms with E-state index in [1.54, 1.807) is 36.5 Å². The van der Waals surface area contributed by atoms with Crippen molar-refractivity contribution in [2.45, 2.75) is 4.90 Å². The summed E-state index contributed by atoms with van der Waals surface area (Å²) in [5, 5.41) is 0. The van der Waals surface area contributed by atoms with E-state index in [4.69, 9.17) is 0 Å². The van der Waals surface area contributed by atoms with Gasteiger partial charge in [-0.2, -0.15) is 0 Å². The number of nitrogens with zero attached hydrogens (tertiary/aromatic N) is 1. The van der Waals surface area contributed by atoms with Crippen LogP contribution < -0.4 is 4.72 Å². The van der Waals surface area contributed by atoms with E-state index in [1.165, 1.54) is 12.3 Å². The molecule has 1 aromatic heterocycles. The molecule has 4 nitrogen and oxygen atoms in total. The summed E-state index contributed by atoms with van der Waals surface area (Å²) in [4.78, 5) is 4.05. The molecular weight excluding hydrogens is 304 g/mol. The van der Waals surface area contributed by atoms with Gasteiger partial charge in [0, 0.05) is 10.7 Å². The molecule has 1 aromatic carbocycles. The summed E-state index contributed by atoms with van der Waals surface area (Å²) in [6, 6.07) is 9.81. The third-order valence-corrected chi connectivity index (χ3v) is 3.89. The molecule has 0 saturated heterocycles. The third kappa shape index (κ3) is 3.04. The van der Waals surface area contributed by atoms with Crippen molar-refractivity contribution in [3.8, 4) is 0 Å². The summed E-state index contributed by atoms with van der Waals surface area (Å²) in [6.07, 6.45) is 3.03. The molecule has 17 heavy (non-hydrogen) atoms. The van der Waals surface area contributed by atoms with Crippen molar-refractivity contribution in [3.05, 3.63) is 53.3 Å². The summed E-state index contributed by atoms with van der Waals surface area (Å²) in [6.45, 7) is 0. The molecule has 0 fully saturated rings. The summed E-state index contributed by atoms with van der Waals surface area (Å²) >= 11 is 3.24. The van der Waals surface area contributed by atoms with Crippen LogP contribution in [0.3, 0.4) is 0 Å². The second kappa shape index (κ2) is 4.85. The van der Waals surface area contributed by atoms with Crippen LogP contribution >= 0.6 is 15.9 Å². The van der Waals surface area contributed by atoms with E-state index in [9.17, 15) is 8.42 Å². The van der Waals surface area contributed by atoms with Gasteiger partial charge < -0.3 is 0 Å². The lowest BCUT2D eigenvalue weighted by Crippen LogP contribution is -2.12. The number of halogens is 1. The second-order valence-electron chi connectivity index (χ2n) is 3.30. The summed E-state index contributed by atoms with van der Waals surface area (Å²) < 4.78 is 27.2. The van der Waals surface area contributed by atoms with Crippen molar-refractivity contribution < 1.29 is 8.42 Å². The van der Waals surface area contributed by atoms with E-state index in [0.717, 1.165) is 0 Å². The van der Waals surface area contributed by atoms with Crippen LogP contribution in [0.4, 0.5) is 5.69 Å². The lowest BCUT2D eigenvalue weighted by Gasteiger charge is -2.07. The van der Waals surface area contributed by atoms with Gasteiger partial charge in [-0.1, -0.05) is 22.0 Å². The fourth-order valence-electron chi connectivity index (χ4n) is 1.27. The minimum Gasteiger partial charge on any atom is -0.278 e. The molecular formula is C11H9BrN2O2S. The van der Waals surface area contributed by atoms with Crippen molar-refractivity contribution in [3.63, 3.8) is 0 Å². The molecule has 0 aliphatic carbocycles. The van der Waals surface area contributed by atoms with E-state index in [0.29, 0.717) is 10.2 Å². The normalized spacial score (nSPS) is 11.1. The predicted octanol–water partition coefficient (Wildman–Crippen LogP) is 2.64. The van der Waals surface area contributed by atoms with E-state index in [2.05, 4.69) is 25.6 Å². The summed E-state index contributed by atoms with van der Waals surface area (Å²) in [5.41, 5.74) is 0.437. The largest absolute Gasteiger partial charge is 0.278 e. The van der Waals surface area contributed by atoms with Crippen LogP contribution in [0.25, 0.3) is 0 Å². The second-order valence-corrected chi connectivity index (χ2v) is 5.90. The van der Waals surface area contributed by atoms with Crippen LogP contribution in [0.1, 0.15) is 0 Å². The van der Waals surface area contributed by atoms with Gasteiger partial charge in [0.1, 0.15) is 0 Å². The quantitative estimate of drug-likeness (QED) is 0.947. The zero-order chi connectivity index (χ0) is 12.3. The first kappa shape index (κ1) is 12.1. The number of rotatable bonds is 3. The molecule has 2 aromatic rings. The highest BCUT2D eigenvalue weighted by molar-refractivity contribution is 9.10. The number of pyridine rings is 1. The zero-order valence-corrected chi connectivity index (χ0v) is 11.1. The number of anilines is 1. The minimum absolute atomic E-state index is 0.204. The molecule has 1 heterocycles. The molecule has 2 rings (SSSR count). The molecule has 0 bridgehead atoms. The fourth-order valence-corrected chi connectivity index (χ4v) is 2.91. The van der Waals surface area contributed by atoms with Crippen LogP contribution in [-0.4, -0.2) is 13.4 Å². The molecule has 0 spiro atoms. The van der Waals surface area contributed by atoms with Crippen molar-refractivity contribution in [1.29, 1.82) is 0 Å². The summed E-state index contributed by atoms with van der Waals surface area (Å²) in [5.74, 6) is 0. The van der Waals surface area contributed by atoms with E-state index < -0.39 is 10.0 Å². The average Bonchev–Trinajstić information content (AvgIpc) is 2.30. The number of sulfonamides is 1. The molecule has 0 atom stereocenters. The van der Waals surface area contributed by atoms with Crippen LogP contribution in [0, 0.1) is 0 Å². The first-order valence-corrected chi connectivity index (χ1v) is 7.04. The number of hydrogen-bond acceptors (Lipinski definition) is 3. The molecule has 0 saturated carbocycles. The Kier molecular flexibility index (Phi) is 3.44. The first-order chi connectivity index (χ1) is 8.08. The number of aromatic nitrogens is 1. The van der Waals surface area contributed by atoms with Gasteiger partial charge >= 0.3 is 0 Å². The number of nitrogens with one attached hydrogen (secondary N) is 1. The molecule has 0 unspecified atom stereocenters. The number of benzene rings is 1. The summed E-state index contributed by atoms with van der Waals surface area (Å²) in [7, 11) is -3.56. The smallest absolute Gasteiger partial charge is 0.261 e. The van der Waals surface area contributed by atoms with Crippen LogP contribution in [0.2, 0.25) is 0 Å². The standard InChI is InChI=1S/C11H9BrN2O2S/c12-9-3-1-5-11(7-9)17(15,16)14-10-4-2-6-13-8-10/h1-8,14H. The van der Waals surface area contributed by atoms with Crippen molar-refractivity contribution in [2.75, 3.05) is 4.72 Å². The van der Waals surface area contributed by atoms with E-state index in [1.807, 2.05) is 0 Å². The van der Waals surface area contributed by atoms with Gasteiger partial charge in [-0.3, -0.25) is 9.71 Å². The van der Waals surface area contributed by atoms with Crippen molar-refractivity contribution in [2.24, 2.45) is 0 Å². The highest BCUT2D eigenvalue weighted by atomic mass is 79.9. The Balaban J connectivity index is 2.32. The molecule has 0 radical (unpaired) electrons. The zero-order valence-electron chi connectivity index (χ0n) is 8.67. The Morgan fingerprint density at radius 1 is 1.18 bits per heavy atom. The maximum absolute atomic E-state index is 12.0. The van der Waals surface area contributed by atoms with E-state index in [-0.39, 0.29) is 4.90 Å². The molecule has 1 N–H and O–H groups in total. The maximum atomic E-state index is 12.0. The monoisotopic (exact) mass is 312 g/mol. The topological polar surface area (TPSA) is 59.1 Å². The molecule has 0 aliphatic heterocycles. The Morgan fingerprint density at radius 3 is 2.65 bits per heavy atom. The van der Waals surface area contributed by atoms with Gasteiger partial charge in [0.05, 0.1) is 16.8 Å². The van der Waals surface area contributed by atoms with Gasteiger partial charge in [-0.15, -0.1) is 0 Å². The number of hydrogen-bond donors (Lipinski definition) is 1. The van der Waals surface area contributed by atoms with Crippen molar-refractivity contribution >= 4 is 31.6 Å². The third-order valence-electron chi connectivity index (χ3n) is 2.02.